The van der Waals surface area contributed by atoms with Crippen LogP contribution in [-0.4, -0.2) is 27.5 Å². The Balaban J connectivity index is 2.25. The maximum absolute atomic E-state index is 13.7. The van der Waals surface area contributed by atoms with Gasteiger partial charge in [0.15, 0.2) is 0 Å². The van der Waals surface area contributed by atoms with Crippen molar-refractivity contribution in [1.82, 2.24) is 10.0 Å². The second-order valence-corrected chi connectivity index (χ2v) is 6.20. The number of hydrogen-bond acceptors (Lipinski definition) is 3. The lowest BCUT2D eigenvalue weighted by molar-refractivity contribution is 0.427. The lowest BCUT2D eigenvalue weighted by Crippen LogP contribution is -2.45. The van der Waals surface area contributed by atoms with E-state index in [-0.39, 0.29) is 10.9 Å². The molecule has 0 amide bonds. The third-order valence-corrected chi connectivity index (χ3v) is 4.75. The fourth-order valence-electron chi connectivity index (χ4n) is 2.19. The molecule has 1 heterocycles. The van der Waals surface area contributed by atoms with Crippen molar-refractivity contribution in [2.45, 2.75) is 30.7 Å². The molecule has 0 bridgehead atoms. The van der Waals surface area contributed by atoms with Crippen LogP contribution in [0.25, 0.3) is 0 Å². The van der Waals surface area contributed by atoms with E-state index in [4.69, 9.17) is 0 Å². The van der Waals surface area contributed by atoms with Crippen LogP contribution in [0.15, 0.2) is 23.1 Å². The number of halogens is 1. The molecular formula is C12H17FN2O2S. The van der Waals surface area contributed by atoms with Crippen molar-refractivity contribution in [2.24, 2.45) is 0 Å². The van der Waals surface area contributed by atoms with E-state index >= 15 is 0 Å². The molecule has 1 atom stereocenters. The topological polar surface area (TPSA) is 58.2 Å². The summed E-state index contributed by atoms with van der Waals surface area (Å²) in [5.41, 5.74) is 0.422. The Morgan fingerprint density at radius 3 is 2.83 bits per heavy atom. The summed E-state index contributed by atoms with van der Waals surface area (Å²) in [6.07, 6.45) is 1.70. The van der Waals surface area contributed by atoms with Gasteiger partial charge in [0.05, 0.1) is 0 Å². The summed E-state index contributed by atoms with van der Waals surface area (Å²) in [6.45, 7) is 3.08. The van der Waals surface area contributed by atoms with E-state index in [0.717, 1.165) is 19.4 Å². The van der Waals surface area contributed by atoms with Gasteiger partial charge in [-0.05, 0) is 37.9 Å². The lowest BCUT2D eigenvalue weighted by atomic mass is 10.1. The van der Waals surface area contributed by atoms with Gasteiger partial charge in [-0.25, -0.2) is 17.5 Å². The van der Waals surface area contributed by atoms with Crippen LogP contribution in [-0.2, 0) is 10.0 Å². The second kappa shape index (κ2) is 5.34. The monoisotopic (exact) mass is 272 g/mol. The fourth-order valence-corrected chi connectivity index (χ4v) is 3.76. The summed E-state index contributed by atoms with van der Waals surface area (Å²) < 4.78 is 40.6. The molecule has 6 heteroatoms. The van der Waals surface area contributed by atoms with E-state index in [0.29, 0.717) is 12.1 Å². The molecule has 2 rings (SSSR count). The number of sulfonamides is 1. The molecule has 100 valence electrons. The zero-order valence-electron chi connectivity index (χ0n) is 10.2. The third kappa shape index (κ3) is 2.88. The number of aryl methyl sites for hydroxylation is 1. The first-order valence-electron chi connectivity index (χ1n) is 5.99. The van der Waals surface area contributed by atoms with Crippen LogP contribution >= 0.6 is 0 Å². The first kappa shape index (κ1) is 13.5. The molecule has 2 N–H and O–H groups in total. The van der Waals surface area contributed by atoms with Crippen LogP contribution in [0.4, 0.5) is 4.39 Å². The second-order valence-electron chi connectivity index (χ2n) is 4.55. The maximum atomic E-state index is 13.7. The van der Waals surface area contributed by atoms with Crippen LogP contribution in [0.5, 0.6) is 0 Å². The summed E-state index contributed by atoms with van der Waals surface area (Å²) in [5.74, 6) is -0.703. The molecule has 0 saturated carbocycles. The van der Waals surface area contributed by atoms with Crippen LogP contribution in [0.1, 0.15) is 18.4 Å². The van der Waals surface area contributed by atoms with E-state index in [1.165, 1.54) is 12.1 Å². The van der Waals surface area contributed by atoms with E-state index in [1.54, 1.807) is 13.0 Å². The largest absolute Gasteiger partial charge is 0.315 e. The molecule has 0 spiro atoms. The van der Waals surface area contributed by atoms with Gasteiger partial charge in [-0.1, -0.05) is 12.1 Å². The van der Waals surface area contributed by atoms with Crippen molar-refractivity contribution in [3.63, 3.8) is 0 Å². The van der Waals surface area contributed by atoms with Gasteiger partial charge in [0.2, 0.25) is 10.0 Å². The van der Waals surface area contributed by atoms with Crippen LogP contribution in [0.2, 0.25) is 0 Å². The summed E-state index contributed by atoms with van der Waals surface area (Å²) in [4.78, 5) is -0.240. The normalized spacial score (nSPS) is 20.9. The molecular weight excluding hydrogens is 255 g/mol. The highest BCUT2D eigenvalue weighted by atomic mass is 32.2. The molecule has 4 nitrogen and oxygen atoms in total. The van der Waals surface area contributed by atoms with Gasteiger partial charge in [0, 0.05) is 12.6 Å². The number of rotatable bonds is 3. The zero-order valence-corrected chi connectivity index (χ0v) is 11.1. The molecule has 1 fully saturated rings. The molecule has 1 unspecified atom stereocenters. The van der Waals surface area contributed by atoms with Crippen molar-refractivity contribution < 1.29 is 12.8 Å². The minimum Gasteiger partial charge on any atom is -0.315 e. The highest BCUT2D eigenvalue weighted by Crippen LogP contribution is 2.19. The molecule has 1 aromatic carbocycles. The average Bonchev–Trinajstić information content (AvgIpc) is 2.28. The van der Waals surface area contributed by atoms with Gasteiger partial charge < -0.3 is 5.32 Å². The van der Waals surface area contributed by atoms with E-state index in [1.807, 2.05) is 0 Å². The first-order chi connectivity index (χ1) is 8.50. The average molecular weight is 272 g/mol. The molecule has 1 aromatic rings. The maximum Gasteiger partial charge on any atom is 0.244 e. The van der Waals surface area contributed by atoms with E-state index in [9.17, 15) is 12.8 Å². The summed E-state index contributed by atoms with van der Waals surface area (Å²) in [5, 5.41) is 3.12. The smallest absolute Gasteiger partial charge is 0.244 e. The molecule has 0 aliphatic carbocycles. The van der Waals surface area contributed by atoms with Gasteiger partial charge in [-0.15, -0.1) is 0 Å². The first-order valence-corrected chi connectivity index (χ1v) is 7.47. The third-order valence-electron chi connectivity index (χ3n) is 3.05. The molecule has 1 aliphatic rings. The van der Waals surface area contributed by atoms with Gasteiger partial charge in [0.1, 0.15) is 10.7 Å². The Morgan fingerprint density at radius 2 is 2.22 bits per heavy atom. The minimum absolute atomic E-state index is 0.164. The van der Waals surface area contributed by atoms with Gasteiger partial charge in [0.25, 0.3) is 0 Å². The Kier molecular flexibility index (Phi) is 3.99. The van der Waals surface area contributed by atoms with Crippen LogP contribution in [0.3, 0.4) is 0 Å². The van der Waals surface area contributed by atoms with Crippen LogP contribution in [0, 0.1) is 12.7 Å². The lowest BCUT2D eigenvalue weighted by Gasteiger charge is -2.24. The van der Waals surface area contributed by atoms with Crippen molar-refractivity contribution in [1.29, 1.82) is 0 Å². The SMILES string of the molecule is Cc1cccc(F)c1S(=O)(=O)NC1CCCNC1. The van der Waals surface area contributed by atoms with Gasteiger partial charge in [-0.2, -0.15) is 0 Å². The zero-order chi connectivity index (χ0) is 13.2. The molecule has 1 saturated heterocycles. The predicted octanol–water partition coefficient (Wildman–Crippen LogP) is 1.16. The Hall–Kier alpha value is -0.980. The van der Waals surface area contributed by atoms with Gasteiger partial charge >= 0.3 is 0 Å². The summed E-state index contributed by atoms with van der Waals surface area (Å²) in [6, 6.07) is 4.10. The number of piperidine rings is 1. The Morgan fingerprint density at radius 1 is 1.44 bits per heavy atom. The van der Waals surface area contributed by atoms with Crippen molar-refractivity contribution in [2.75, 3.05) is 13.1 Å². The summed E-state index contributed by atoms with van der Waals surface area (Å²) in [7, 11) is -3.79. The molecule has 0 radical (unpaired) electrons. The summed E-state index contributed by atoms with van der Waals surface area (Å²) >= 11 is 0. The molecule has 1 aliphatic heterocycles. The molecule has 0 aromatic heterocycles. The van der Waals surface area contributed by atoms with Crippen molar-refractivity contribution >= 4 is 10.0 Å². The predicted molar refractivity (Wildman–Crippen MR) is 67.4 cm³/mol. The van der Waals surface area contributed by atoms with Crippen LogP contribution < -0.4 is 10.0 Å². The number of hydrogen-bond donors (Lipinski definition) is 2. The van der Waals surface area contributed by atoms with Gasteiger partial charge in [-0.3, -0.25) is 0 Å². The Bertz CT molecular complexity index is 505. The van der Waals surface area contributed by atoms with E-state index in [2.05, 4.69) is 10.0 Å². The number of nitrogens with one attached hydrogen (secondary N) is 2. The highest BCUT2D eigenvalue weighted by molar-refractivity contribution is 7.89. The highest BCUT2D eigenvalue weighted by Gasteiger charge is 2.25. The standard InChI is InChI=1S/C12H17FN2O2S/c1-9-4-2-6-11(13)12(9)18(16,17)15-10-5-3-7-14-8-10/h2,4,6,10,14-15H,3,5,7-8H2,1H3. The Labute approximate surface area is 107 Å². The quantitative estimate of drug-likeness (QED) is 0.868. The molecule has 18 heavy (non-hydrogen) atoms. The fraction of sp³-hybridized carbons (Fsp3) is 0.500. The van der Waals surface area contributed by atoms with Crippen molar-refractivity contribution in [3.05, 3.63) is 29.6 Å². The number of benzene rings is 1. The van der Waals surface area contributed by atoms with Crippen molar-refractivity contribution in [3.8, 4) is 0 Å². The minimum atomic E-state index is -3.79. The van der Waals surface area contributed by atoms with E-state index < -0.39 is 15.8 Å².